The number of phenols is 2. The average Bonchev–Trinajstić information content (AvgIpc) is 3.35. The number of para-hydroxylation sites is 1. The molecule has 98 valence electrons. The number of benzene rings is 1. The van der Waals surface area contributed by atoms with Gasteiger partial charge in [-0.1, -0.05) is 0 Å². The zero-order valence-electron chi connectivity index (χ0n) is 10.2. The minimum atomic E-state index is -3.16. The first-order chi connectivity index (χ1) is 8.97. The zero-order chi connectivity index (χ0) is 11.9. The molecule has 0 radical (unpaired) electrons. The van der Waals surface area contributed by atoms with Crippen LogP contribution in [0.25, 0.3) is 0 Å². The van der Waals surface area contributed by atoms with Crippen molar-refractivity contribution in [3.05, 3.63) is 23.8 Å². The monoisotopic (exact) mass is 294 g/mol. The molecule has 10 aliphatic heterocycles. The van der Waals surface area contributed by atoms with E-state index in [2.05, 4.69) is 6.07 Å². The van der Waals surface area contributed by atoms with Gasteiger partial charge in [-0.05, 0) is 0 Å². The Labute approximate surface area is 99.7 Å². The Kier molecular flexibility index (Phi) is 0.210. The second kappa shape index (κ2) is 0.580. The van der Waals surface area contributed by atoms with Crippen molar-refractivity contribution in [2.45, 2.75) is 47.7 Å². The molecular formula is C16H14FeO2. The average molecular weight is 294 g/mol. The Morgan fingerprint density at radius 1 is 0.842 bits per heavy atom. The standard InChI is InChI=1S/C11H9O2.C5H5.Fe/c12-10-7-3-6-9(11(10)13)8-4-1-2-5-8;1-2-4-5-3-1;/h1-7,12-13H;1-5H;. The summed E-state index contributed by atoms with van der Waals surface area (Å²) in [5, 5.41) is 20.5. The molecule has 3 heteroatoms. The number of hydrogen-bond donors (Lipinski definition) is 2. The summed E-state index contributed by atoms with van der Waals surface area (Å²) in [6.07, 6.45) is 0. The first-order valence-corrected chi connectivity index (χ1v) is 14.0. The van der Waals surface area contributed by atoms with Gasteiger partial charge in [-0.2, -0.15) is 0 Å². The summed E-state index contributed by atoms with van der Waals surface area (Å²) in [6, 6.07) is 5.83. The van der Waals surface area contributed by atoms with Gasteiger partial charge in [-0.25, -0.2) is 0 Å². The fourth-order valence-electron chi connectivity index (χ4n) is 17.8. The van der Waals surface area contributed by atoms with Crippen LogP contribution in [-0.2, 0) is 10.8 Å². The maximum atomic E-state index is 10.5. The van der Waals surface area contributed by atoms with E-state index in [-0.39, 0.29) is 11.5 Å². The van der Waals surface area contributed by atoms with Gasteiger partial charge in [-0.15, -0.1) is 0 Å². The number of rotatable bonds is 1. The third kappa shape index (κ3) is 0.0756. The SMILES string of the molecule is Oc1cccc([C]23[CH]4[CH]5[CH]6[CH]2[Fe]56432789[CH]3[CH]2[CH]7[CH]8[CH]39)c1O. The number of fused-ring (bicyclic) bond motifs is 10. The Morgan fingerprint density at radius 3 is 1.84 bits per heavy atom. The van der Waals surface area contributed by atoms with Crippen molar-refractivity contribution in [2.24, 2.45) is 0 Å². The molecule has 10 aliphatic rings. The van der Waals surface area contributed by atoms with E-state index in [0.29, 0.717) is 4.31 Å². The van der Waals surface area contributed by atoms with Crippen molar-refractivity contribution in [1.82, 2.24) is 0 Å². The topological polar surface area (TPSA) is 40.5 Å². The molecule has 10 saturated heterocycles. The minimum absolute atomic E-state index is 0.133. The van der Waals surface area contributed by atoms with Crippen LogP contribution in [0.15, 0.2) is 18.2 Å². The van der Waals surface area contributed by atoms with Gasteiger partial charge in [0.15, 0.2) is 0 Å². The van der Waals surface area contributed by atoms with Crippen molar-refractivity contribution in [3.63, 3.8) is 0 Å². The summed E-state index contributed by atoms with van der Waals surface area (Å²) in [7, 11) is 0. The predicted molar refractivity (Wildman–Crippen MR) is 65.2 cm³/mol. The summed E-state index contributed by atoms with van der Waals surface area (Å²) >= 11 is 0. The number of aromatic hydroxyl groups is 2. The van der Waals surface area contributed by atoms with E-state index in [4.69, 9.17) is 0 Å². The van der Waals surface area contributed by atoms with E-state index in [1.165, 1.54) is 39.3 Å². The second-order valence-corrected chi connectivity index (χ2v) is 34.9. The fourth-order valence-corrected chi connectivity index (χ4v) is 91.9. The predicted octanol–water partition coefficient (Wildman–Crippen LogP) is 3.89. The third-order valence-electron chi connectivity index (χ3n) is 16.1. The molecule has 0 aromatic heterocycles. The van der Waals surface area contributed by atoms with Gasteiger partial charge in [-0.3, -0.25) is 0 Å². The van der Waals surface area contributed by atoms with E-state index in [1.807, 2.05) is 6.07 Å². The van der Waals surface area contributed by atoms with Crippen LogP contribution < -0.4 is 0 Å². The molecule has 10 fully saturated rings. The van der Waals surface area contributed by atoms with Crippen LogP contribution in [0, 0.1) is 0 Å². The molecule has 2 nitrogen and oxygen atoms in total. The summed E-state index contributed by atoms with van der Waals surface area (Å²) in [6.45, 7) is -3.16. The van der Waals surface area contributed by atoms with E-state index in [1.54, 1.807) is 6.07 Å². The number of hydrogen-bond acceptors (Lipinski definition) is 2. The quantitative estimate of drug-likeness (QED) is 0.609. The summed E-state index contributed by atoms with van der Waals surface area (Å²) < 4.78 is 0.557. The molecule has 1 spiro atoms. The molecule has 11 rings (SSSR count). The molecule has 4 atom stereocenters. The third-order valence-corrected chi connectivity index (χ3v) is 58.4. The van der Waals surface area contributed by atoms with Crippen molar-refractivity contribution in [1.29, 1.82) is 0 Å². The van der Waals surface area contributed by atoms with Crippen LogP contribution in [0.3, 0.4) is 0 Å². The summed E-state index contributed by atoms with van der Waals surface area (Å²) in [4.78, 5) is 11.2. The van der Waals surface area contributed by atoms with Gasteiger partial charge >= 0.3 is 99.6 Å². The van der Waals surface area contributed by atoms with E-state index < -0.39 is 6.51 Å². The van der Waals surface area contributed by atoms with Crippen LogP contribution in [-0.4, -0.2) is 10.2 Å². The van der Waals surface area contributed by atoms with Gasteiger partial charge in [0.2, 0.25) is 0 Å². The van der Waals surface area contributed by atoms with E-state index in [9.17, 15) is 10.2 Å². The molecule has 1 aromatic rings. The molecule has 0 saturated carbocycles. The van der Waals surface area contributed by atoms with Gasteiger partial charge in [0.05, 0.1) is 0 Å². The van der Waals surface area contributed by atoms with Gasteiger partial charge in [0, 0.05) is 0 Å². The van der Waals surface area contributed by atoms with Crippen molar-refractivity contribution in [2.75, 3.05) is 0 Å². The molecule has 10 heterocycles. The molecule has 0 bridgehead atoms. The van der Waals surface area contributed by atoms with E-state index in [0.717, 1.165) is 9.63 Å². The first-order valence-electron chi connectivity index (χ1n) is 7.70. The van der Waals surface area contributed by atoms with Gasteiger partial charge in [0.25, 0.3) is 0 Å². The summed E-state index contributed by atoms with van der Waals surface area (Å²) in [5.41, 5.74) is 1.25. The fraction of sp³-hybridized carbons (Fsp3) is 0.625. The number of phenolic OH excluding ortho intramolecular Hbond substituents is 2. The normalized spacial score (nSPS) is 108. The Balaban J connectivity index is 1.55. The van der Waals surface area contributed by atoms with Crippen LogP contribution in [0.2, 0.25) is 43.3 Å². The second-order valence-electron chi connectivity index (χ2n) is 11.4. The van der Waals surface area contributed by atoms with Gasteiger partial charge in [0.1, 0.15) is 0 Å². The van der Waals surface area contributed by atoms with Crippen LogP contribution in [0.1, 0.15) is 5.56 Å². The summed E-state index contributed by atoms with van der Waals surface area (Å²) in [5.74, 6) is 0.406. The van der Waals surface area contributed by atoms with Crippen LogP contribution >= 0.6 is 0 Å². The Hall–Kier alpha value is -0.661. The zero-order valence-corrected chi connectivity index (χ0v) is 11.3. The molecule has 0 aliphatic carbocycles. The first kappa shape index (κ1) is 6.87. The Morgan fingerprint density at radius 2 is 1.42 bits per heavy atom. The Bertz CT molecular complexity index is 1130. The van der Waals surface area contributed by atoms with E-state index >= 15 is 0 Å². The van der Waals surface area contributed by atoms with Crippen LogP contribution in [0.4, 0.5) is 0 Å². The molecule has 2 N–H and O–H groups in total. The molecule has 19 heavy (non-hydrogen) atoms. The molecule has 1 aromatic carbocycles. The molecule has 4 unspecified atom stereocenters. The van der Waals surface area contributed by atoms with Crippen molar-refractivity contribution < 1.29 is 16.7 Å². The molecular weight excluding hydrogens is 280 g/mol. The van der Waals surface area contributed by atoms with Crippen molar-refractivity contribution in [3.8, 4) is 11.5 Å². The maximum absolute atomic E-state index is 10.5. The molecule has 0 amide bonds. The van der Waals surface area contributed by atoms with Gasteiger partial charge < -0.3 is 0 Å². The van der Waals surface area contributed by atoms with Crippen LogP contribution in [0.5, 0.6) is 11.5 Å². The van der Waals surface area contributed by atoms with Crippen molar-refractivity contribution >= 4 is 0 Å².